The molecule has 2 aliphatic rings. The van der Waals surface area contributed by atoms with Crippen molar-refractivity contribution in [2.75, 3.05) is 20.8 Å². The molecule has 0 fully saturated rings. The van der Waals surface area contributed by atoms with Gasteiger partial charge in [0.15, 0.2) is 23.0 Å². The molecule has 0 aliphatic carbocycles. The average molecular weight is 341 g/mol. The highest BCUT2D eigenvalue weighted by Crippen LogP contribution is 2.47. The topological polar surface area (TPSA) is 62.2 Å². The lowest BCUT2D eigenvalue weighted by molar-refractivity contribution is 0.117. The Morgan fingerprint density at radius 3 is 2.32 bits per heavy atom. The van der Waals surface area contributed by atoms with Crippen LogP contribution in [0.25, 0.3) is 0 Å². The molecule has 0 saturated heterocycles. The molecule has 2 N–H and O–H groups in total. The first-order valence-corrected chi connectivity index (χ1v) is 8.58. The van der Waals surface area contributed by atoms with Crippen molar-refractivity contribution in [3.8, 4) is 23.0 Å². The fourth-order valence-corrected chi connectivity index (χ4v) is 4.33. The van der Waals surface area contributed by atoms with E-state index in [0.717, 1.165) is 42.0 Å². The second-order valence-electron chi connectivity index (χ2n) is 6.83. The molecular weight excluding hydrogens is 318 g/mol. The maximum absolute atomic E-state index is 9.97. The van der Waals surface area contributed by atoms with Crippen molar-refractivity contribution < 1.29 is 19.7 Å². The van der Waals surface area contributed by atoms with Gasteiger partial charge in [-0.05, 0) is 66.3 Å². The van der Waals surface area contributed by atoms with Gasteiger partial charge in [0.05, 0.1) is 14.2 Å². The molecule has 2 unspecified atom stereocenters. The molecule has 0 saturated carbocycles. The van der Waals surface area contributed by atoms with Crippen molar-refractivity contribution in [2.24, 2.45) is 0 Å². The molecule has 5 heteroatoms. The van der Waals surface area contributed by atoms with E-state index in [1.807, 2.05) is 0 Å². The van der Waals surface area contributed by atoms with E-state index in [2.05, 4.69) is 24.0 Å². The highest BCUT2D eigenvalue weighted by Gasteiger charge is 2.37. The van der Waals surface area contributed by atoms with Crippen molar-refractivity contribution in [3.63, 3.8) is 0 Å². The Morgan fingerprint density at radius 2 is 1.60 bits per heavy atom. The second-order valence-corrected chi connectivity index (χ2v) is 6.83. The molecule has 2 aliphatic heterocycles. The van der Waals surface area contributed by atoms with Crippen LogP contribution in [-0.2, 0) is 12.8 Å². The number of nitrogens with zero attached hydrogens (tertiary/aromatic N) is 1. The van der Waals surface area contributed by atoms with Gasteiger partial charge < -0.3 is 19.7 Å². The molecule has 0 aromatic heterocycles. The molecule has 0 spiro atoms. The summed E-state index contributed by atoms with van der Waals surface area (Å²) in [5.74, 6) is 1.41. The SMILES string of the molecule is COc1cc2c(cc1OC)C(C)N1CCc3cc(O)c(O)cc3C1C2. The summed E-state index contributed by atoms with van der Waals surface area (Å²) in [6.07, 6.45) is 1.71. The van der Waals surface area contributed by atoms with E-state index in [1.165, 1.54) is 11.1 Å². The van der Waals surface area contributed by atoms with Gasteiger partial charge in [-0.25, -0.2) is 0 Å². The van der Waals surface area contributed by atoms with E-state index in [1.54, 1.807) is 26.4 Å². The Bertz CT molecular complexity index is 833. The van der Waals surface area contributed by atoms with Crippen molar-refractivity contribution in [2.45, 2.75) is 31.8 Å². The van der Waals surface area contributed by atoms with Gasteiger partial charge >= 0.3 is 0 Å². The smallest absolute Gasteiger partial charge is 0.161 e. The number of phenols is 2. The van der Waals surface area contributed by atoms with Crippen LogP contribution in [0, 0.1) is 0 Å². The van der Waals surface area contributed by atoms with Crippen LogP contribution in [-0.4, -0.2) is 35.9 Å². The lowest BCUT2D eigenvalue weighted by atomic mass is 9.81. The van der Waals surface area contributed by atoms with E-state index in [0.29, 0.717) is 0 Å². The summed E-state index contributed by atoms with van der Waals surface area (Å²) in [7, 11) is 3.31. The maximum Gasteiger partial charge on any atom is 0.161 e. The van der Waals surface area contributed by atoms with Crippen LogP contribution in [0.2, 0.25) is 0 Å². The van der Waals surface area contributed by atoms with E-state index in [-0.39, 0.29) is 23.6 Å². The van der Waals surface area contributed by atoms with Gasteiger partial charge in [0.25, 0.3) is 0 Å². The van der Waals surface area contributed by atoms with Gasteiger partial charge in [0, 0.05) is 18.6 Å². The summed E-state index contributed by atoms with van der Waals surface area (Å²) in [6.45, 7) is 3.14. The molecule has 2 heterocycles. The molecule has 0 amide bonds. The van der Waals surface area contributed by atoms with Crippen molar-refractivity contribution in [1.82, 2.24) is 4.90 Å². The van der Waals surface area contributed by atoms with Crippen LogP contribution in [0.1, 0.15) is 41.3 Å². The lowest BCUT2D eigenvalue weighted by Crippen LogP contribution is -2.41. The minimum absolute atomic E-state index is 0.0390. The van der Waals surface area contributed by atoms with Crippen molar-refractivity contribution in [1.29, 1.82) is 0 Å². The van der Waals surface area contributed by atoms with Gasteiger partial charge in [-0.3, -0.25) is 4.90 Å². The first-order valence-electron chi connectivity index (χ1n) is 8.58. The number of fused-ring (bicyclic) bond motifs is 4. The third-order valence-corrected chi connectivity index (χ3v) is 5.64. The molecule has 132 valence electrons. The Kier molecular flexibility index (Phi) is 3.76. The third-order valence-electron chi connectivity index (χ3n) is 5.64. The monoisotopic (exact) mass is 341 g/mol. The minimum atomic E-state index is -0.0497. The zero-order valence-corrected chi connectivity index (χ0v) is 14.7. The summed E-state index contributed by atoms with van der Waals surface area (Å²) in [5.41, 5.74) is 4.73. The highest BCUT2D eigenvalue weighted by atomic mass is 16.5. The van der Waals surface area contributed by atoms with Crippen LogP contribution in [0.4, 0.5) is 0 Å². The largest absolute Gasteiger partial charge is 0.504 e. The zero-order chi connectivity index (χ0) is 17.7. The van der Waals surface area contributed by atoms with Gasteiger partial charge in [-0.2, -0.15) is 0 Å². The van der Waals surface area contributed by atoms with Crippen molar-refractivity contribution >= 4 is 0 Å². The van der Waals surface area contributed by atoms with E-state index in [4.69, 9.17) is 9.47 Å². The van der Waals surface area contributed by atoms with Crippen LogP contribution < -0.4 is 9.47 Å². The summed E-state index contributed by atoms with van der Waals surface area (Å²) < 4.78 is 10.9. The van der Waals surface area contributed by atoms with E-state index >= 15 is 0 Å². The fraction of sp³-hybridized carbons (Fsp3) is 0.400. The summed E-state index contributed by atoms with van der Waals surface area (Å²) in [4.78, 5) is 2.47. The molecular formula is C20H23NO4. The number of phenolic OH excluding ortho intramolecular Hbond substituents is 2. The van der Waals surface area contributed by atoms with Gasteiger partial charge in [-0.1, -0.05) is 0 Å². The minimum Gasteiger partial charge on any atom is -0.504 e. The predicted molar refractivity (Wildman–Crippen MR) is 94.6 cm³/mol. The average Bonchev–Trinajstić information content (AvgIpc) is 2.62. The van der Waals surface area contributed by atoms with Crippen LogP contribution in [0.5, 0.6) is 23.0 Å². The fourth-order valence-electron chi connectivity index (χ4n) is 4.33. The zero-order valence-electron chi connectivity index (χ0n) is 14.7. The van der Waals surface area contributed by atoms with Gasteiger partial charge in [0.1, 0.15) is 0 Å². The maximum atomic E-state index is 9.97. The van der Waals surface area contributed by atoms with Gasteiger partial charge in [0.2, 0.25) is 0 Å². The summed E-state index contributed by atoms with van der Waals surface area (Å²) >= 11 is 0. The Balaban J connectivity index is 1.81. The molecule has 0 radical (unpaired) electrons. The number of aromatic hydroxyl groups is 2. The third kappa shape index (κ3) is 2.42. The number of rotatable bonds is 2. The van der Waals surface area contributed by atoms with Gasteiger partial charge in [-0.15, -0.1) is 0 Å². The van der Waals surface area contributed by atoms with E-state index < -0.39 is 0 Å². The molecule has 2 atom stereocenters. The molecule has 0 bridgehead atoms. The number of benzene rings is 2. The number of hydrogen-bond acceptors (Lipinski definition) is 5. The highest BCUT2D eigenvalue weighted by molar-refractivity contribution is 5.53. The van der Waals surface area contributed by atoms with Crippen LogP contribution >= 0.6 is 0 Å². The lowest BCUT2D eigenvalue weighted by Gasteiger charge is -2.45. The van der Waals surface area contributed by atoms with Crippen LogP contribution in [0.15, 0.2) is 24.3 Å². The second kappa shape index (κ2) is 5.85. The van der Waals surface area contributed by atoms with E-state index in [9.17, 15) is 10.2 Å². The number of ether oxygens (including phenoxy) is 2. The molecule has 25 heavy (non-hydrogen) atoms. The normalized spacial score (nSPS) is 21.9. The standard InChI is InChI=1S/C20H23NO4/c1-11-14-10-20(25-3)19(24-2)8-13(14)6-16-15-9-18(23)17(22)7-12(15)4-5-21(11)16/h7-11,16,22-23H,4-6H2,1-3H3. The first kappa shape index (κ1) is 16.1. The Labute approximate surface area is 147 Å². The number of hydrogen-bond donors (Lipinski definition) is 2. The number of methoxy groups -OCH3 is 2. The summed E-state index contributed by atoms with van der Waals surface area (Å²) in [6, 6.07) is 8.01. The first-order chi connectivity index (χ1) is 12.0. The quantitative estimate of drug-likeness (QED) is 0.821. The predicted octanol–water partition coefficient (Wildman–Crippen LogP) is 3.33. The Morgan fingerprint density at radius 1 is 0.920 bits per heavy atom. The van der Waals surface area contributed by atoms with Crippen LogP contribution in [0.3, 0.4) is 0 Å². The molecule has 4 rings (SSSR count). The molecule has 2 aromatic carbocycles. The van der Waals surface area contributed by atoms with Crippen molar-refractivity contribution in [3.05, 3.63) is 46.5 Å². The summed E-state index contributed by atoms with van der Waals surface area (Å²) in [5, 5.41) is 19.8. The Hall–Kier alpha value is -2.40. The molecule has 5 nitrogen and oxygen atoms in total. The molecule has 2 aromatic rings.